The van der Waals surface area contributed by atoms with Gasteiger partial charge < -0.3 is 16.3 Å². The summed E-state index contributed by atoms with van der Waals surface area (Å²) in [5.41, 5.74) is 8.43. The molecule has 7 heteroatoms. The first kappa shape index (κ1) is 21.7. The number of carbonyl (C=O) groups excluding carboxylic acids is 1. The number of nitrogens with one attached hydrogen (secondary N) is 2. The Balaban J connectivity index is 0.00000132. The first-order valence-electron chi connectivity index (χ1n) is 10.2. The van der Waals surface area contributed by atoms with Crippen molar-refractivity contribution in [3.05, 3.63) is 71.3 Å². The molecule has 31 heavy (non-hydrogen) atoms. The van der Waals surface area contributed by atoms with Crippen molar-refractivity contribution in [3.63, 3.8) is 0 Å². The van der Waals surface area contributed by atoms with E-state index in [9.17, 15) is 4.79 Å². The second-order valence-electron chi connectivity index (χ2n) is 6.76. The summed E-state index contributed by atoms with van der Waals surface area (Å²) in [7, 11) is 0. The molecule has 1 saturated carbocycles. The number of hydrogen-bond acceptors (Lipinski definition) is 4. The molecule has 4 rings (SSSR count). The van der Waals surface area contributed by atoms with E-state index >= 15 is 0 Å². The number of amides is 2. The fraction of sp³-hybridized carbons (Fsp3) is 0.208. The van der Waals surface area contributed by atoms with Crippen LogP contribution in [0.3, 0.4) is 0 Å². The van der Waals surface area contributed by atoms with Crippen LogP contribution in [0, 0.1) is 11.8 Å². The van der Waals surface area contributed by atoms with Crippen LogP contribution in [0.1, 0.15) is 43.4 Å². The lowest BCUT2D eigenvalue weighted by Gasteiger charge is -2.08. The lowest BCUT2D eigenvalue weighted by molar-refractivity contribution is 0.251. The highest BCUT2D eigenvalue weighted by atomic mass is 16.4. The van der Waals surface area contributed by atoms with Crippen LogP contribution in [0.2, 0.25) is 0 Å². The molecule has 0 bridgehead atoms. The van der Waals surface area contributed by atoms with E-state index in [0.717, 1.165) is 34.9 Å². The van der Waals surface area contributed by atoms with E-state index in [1.807, 2.05) is 44.2 Å². The summed E-state index contributed by atoms with van der Waals surface area (Å²) in [5.74, 6) is 6.71. The first-order chi connectivity index (χ1) is 15.1. The molecule has 1 aromatic heterocycles. The van der Waals surface area contributed by atoms with Crippen molar-refractivity contribution in [1.82, 2.24) is 10.3 Å². The Morgan fingerprint density at radius 1 is 1.13 bits per heavy atom. The highest BCUT2D eigenvalue weighted by Gasteiger charge is 2.23. The Bertz CT molecular complexity index is 1170. The molecule has 0 spiro atoms. The average molecular weight is 415 g/mol. The van der Waals surface area contributed by atoms with Crippen molar-refractivity contribution in [2.24, 2.45) is 10.9 Å². The molecule has 1 heterocycles. The predicted octanol–water partition coefficient (Wildman–Crippen LogP) is 4.04. The maximum Gasteiger partial charge on any atom is 0.320 e. The minimum atomic E-state index is -0.263. The number of fused-ring (bicyclic) bond motifs is 1. The summed E-state index contributed by atoms with van der Waals surface area (Å²) in [5, 5.41) is 18.4. The summed E-state index contributed by atoms with van der Waals surface area (Å²) < 4.78 is 0. The third-order valence-corrected chi connectivity index (χ3v) is 4.48. The number of benzene rings is 2. The van der Waals surface area contributed by atoms with E-state index < -0.39 is 0 Å². The summed E-state index contributed by atoms with van der Waals surface area (Å²) in [6.45, 7) is 4.00. The van der Waals surface area contributed by atoms with E-state index in [0.29, 0.717) is 11.4 Å². The first-order valence-corrected chi connectivity index (χ1v) is 10.2. The summed E-state index contributed by atoms with van der Waals surface area (Å²) in [6, 6.07) is 16.5. The Hall–Kier alpha value is -4.05. The number of urea groups is 1. The second-order valence-corrected chi connectivity index (χ2v) is 6.76. The number of pyridine rings is 1. The van der Waals surface area contributed by atoms with Gasteiger partial charge in [0.25, 0.3) is 0 Å². The van der Waals surface area contributed by atoms with E-state index in [1.54, 1.807) is 24.3 Å². The smallest absolute Gasteiger partial charge is 0.320 e. The second kappa shape index (κ2) is 10.1. The zero-order valence-electron chi connectivity index (χ0n) is 17.5. The molecule has 0 saturated heterocycles. The van der Waals surface area contributed by atoms with Crippen LogP contribution in [0.15, 0.2) is 59.8 Å². The number of nitrogens with two attached hydrogens (primary N) is 1. The van der Waals surface area contributed by atoms with Crippen molar-refractivity contribution < 1.29 is 10.0 Å². The third kappa shape index (κ3) is 5.73. The van der Waals surface area contributed by atoms with Gasteiger partial charge in [0.15, 0.2) is 5.84 Å². The van der Waals surface area contributed by atoms with Gasteiger partial charge in [0.1, 0.15) is 5.82 Å². The van der Waals surface area contributed by atoms with E-state index in [1.165, 1.54) is 0 Å². The van der Waals surface area contributed by atoms with Crippen molar-refractivity contribution in [2.45, 2.75) is 32.7 Å². The van der Waals surface area contributed by atoms with Crippen LogP contribution in [-0.4, -0.2) is 28.1 Å². The van der Waals surface area contributed by atoms with Crippen molar-refractivity contribution in [3.8, 4) is 11.8 Å². The quantitative estimate of drug-likeness (QED) is 0.170. The van der Waals surface area contributed by atoms with E-state index in [2.05, 4.69) is 32.6 Å². The van der Waals surface area contributed by atoms with Crippen LogP contribution in [0.25, 0.3) is 10.9 Å². The topological polar surface area (TPSA) is 113 Å². The van der Waals surface area contributed by atoms with Crippen molar-refractivity contribution >= 4 is 28.6 Å². The average Bonchev–Trinajstić information content (AvgIpc) is 3.62. The van der Waals surface area contributed by atoms with Gasteiger partial charge in [0.2, 0.25) is 0 Å². The molecule has 1 aliphatic carbocycles. The molecule has 0 atom stereocenters. The van der Waals surface area contributed by atoms with Gasteiger partial charge in [-0.3, -0.25) is 5.32 Å². The molecule has 0 unspecified atom stereocenters. The van der Waals surface area contributed by atoms with Gasteiger partial charge in [0.05, 0.1) is 5.52 Å². The van der Waals surface area contributed by atoms with Crippen LogP contribution in [0.5, 0.6) is 0 Å². The minimum Gasteiger partial charge on any atom is -0.409 e. The molecule has 0 aliphatic heterocycles. The molecule has 1 aliphatic rings. The summed E-state index contributed by atoms with van der Waals surface area (Å²) >= 11 is 0. The largest absolute Gasteiger partial charge is 0.409 e. The molecule has 1 fully saturated rings. The van der Waals surface area contributed by atoms with Crippen LogP contribution in [0.4, 0.5) is 10.6 Å². The molecular formula is C24H25N5O2. The molecule has 158 valence electrons. The number of hydrogen-bond donors (Lipinski definition) is 4. The highest BCUT2D eigenvalue weighted by molar-refractivity contribution is 5.97. The number of rotatable bonds is 3. The summed E-state index contributed by atoms with van der Waals surface area (Å²) in [6.07, 6.45) is 2.03. The zero-order chi connectivity index (χ0) is 22.2. The molecular weight excluding hydrogens is 390 g/mol. The number of nitrogens with zero attached hydrogens (tertiary/aromatic N) is 2. The van der Waals surface area contributed by atoms with Crippen LogP contribution < -0.4 is 16.4 Å². The fourth-order valence-corrected chi connectivity index (χ4v) is 2.86. The number of amidine groups is 1. The normalized spacial score (nSPS) is 12.8. The maximum absolute atomic E-state index is 12.1. The van der Waals surface area contributed by atoms with Gasteiger partial charge in [-0.15, -0.1) is 0 Å². The standard InChI is InChI=1S/C22H19N5O2.C2H6/c23-21(27-29)16-5-3-4-14(12-16)8-9-15-13-20(26-22(28)24-17-10-11-17)25-19-7-2-1-6-18(15)19;1-2/h1-7,12-13,17,29H,10-11H2,(H2,23,27)(H2,24,25,26,28);1-2H3. The Morgan fingerprint density at radius 2 is 1.90 bits per heavy atom. The summed E-state index contributed by atoms with van der Waals surface area (Å²) in [4.78, 5) is 16.6. The van der Waals surface area contributed by atoms with E-state index in [4.69, 9.17) is 10.9 Å². The molecule has 2 amide bonds. The Labute approximate surface area is 181 Å². The lowest BCUT2D eigenvalue weighted by Crippen LogP contribution is -2.30. The monoisotopic (exact) mass is 415 g/mol. The minimum absolute atomic E-state index is 0.0242. The van der Waals surface area contributed by atoms with Crippen molar-refractivity contribution in [2.75, 3.05) is 5.32 Å². The Kier molecular flexibility index (Phi) is 7.07. The zero-order valence-corrected chi connectivity index (χ0v) is 17.5. The molecule has 2 aromatic carbocycles. The van der Waals surface area contributed by atoms with Gasteiger partial charge in [-0.1, -0.05) is 61.2 Å². The lowest BCUT2D eigenvalue weighted by atomic mass is 10.1. The van der Waals surface area contributed by atoms with E-state index in [-0.39, 0.29) is 17.9 Å². The number of anilines is 1. The van der Waals surface area contributed by atoms with Gasteiger partial charge >= 0.3 is 6.03 Å². The molecule has 0 radical (unpaired) electrons. The van der Waals surface area contributed by atoms with Gasteiger partial charge in [0, 0.05) is 28.1 Å². The number of oxime groups is 1. The predicted molar refractivity (Wildman–Crippen MR) is 123 cm³/mol. The van der Waals surface area contributed by atoms with Crippen LogP contribution in [-0.2, 0) is 0 Å². The van der Waals surface area contributed by atoms with Crippen molar-refractivity contribution in [1.29, 1.82) is 0 Å². The number of carbonyl (C=O) groups is 1. The molecule has 3 aromatic rings. The molecule has 5 N–H and O–H groups in total. The fourth-order valence-electron chi connectivity index (χ4n) is 2.86. The van der Waals surface area contributed by atoms with Gasteiger partial charge in [-0.25, -0.2) is 9.78 Å². The van der Waals surface area contributed by atoms with Crippen LogP contribution >= 0.6 is 0 Å². The third-order valence-electron chi connectivity index (χ3n) is 4.48. The highest BCUT2D eigenvalue weighted by Crippen LogP contribution is 2.21. The number of aromatic nitrogens is 1. The Morgan fingerprint density at radius 3 is 2.65 bits per heavy atom. The SMILES string of the molecule is CC.N/C(=N\O)c1cccc(C#Cc2cc(NC(=O)NC3CC3)nc3ccccc23)c1. The van der Waals surface area contributed by atoms with Gasteiger partial charge in [-0.05, 0) is 37.1 Å². The maximum atomic E-state index is 12.1. The molecule has 7 nitrogen and oxygen atoms in total. The van der Waals surface area contributed by atoms with Gasteiger partial charge in [-0.2, -0.15) is 0 Å². The number of para-hydroxylation sites is 1.